The summed E-state index contributed by atoms with van der Waals surface area (Å²) >= 11 is 0. The number of morpholine rings is 1. The predicted octanol–water partition coefficient (Wildman–Crippen LogP) is 2.29. The zero-order valence-corrected chi connectivity index (χ0v) is 19.9. The number of piperidine rings is 1. The van der Waals surface area contributed by atoms with Crippen molar-refractivity contribution in [3.05, 3.63) is 0 Å². The summed E-state index contributed by atoms with van der Waals surface area (Å²) in [6.07, 6.45) is 10.5. The van der Waals surface area contributed by atoms with E-state index in [1.807, 2.05) is 14.7 Å². The molecule has 182 valence electrons. The lowest BCUT2D eigenvalue weighted by Gasteiger charge is -2.56. The molecule has 2 atom stereocenters. The Morgan fingerprint density at radius 3 is 2.03 bits per heavy atom. The summed E-state index contributed by atoms with van der Waals surface area (Å²) in [7, 11) is 0. The number of ether oxygens (including phenoxy) is 1. The molecule has 3 aliphatic heterocycles. The molecule has 33 heavy (non-hydrogen) atoms. The van der Waals surface area contributed by atoms with Crippen LogP contribution in [0.5, 0.6) is 0 Å². The summed E-state index contributed by atoms with van der Waals surface area (Å²) < 4.78 is 5.39. The van der Waals surface area contributed by atoms with E-state index in [2.05, 4.69) is 0 Å². The zero-order chi connectivity index (χ0) is 22.6. The largest absolute Gasteiger partial charge is 0.378 e. The second kappa shape index (κ2) is 8.54. The molecule has 3 saturated heterocycles. The Bertz CT molecular complexity index is 772. The number of amides is 3. The maximum Gasteiger partial charge on any atom is 0.245 e. The van der Waals surface area contributed by atoms with Crippen LogP contribution in [0.2, 0.25) is 0 Å². The molecule has 3 heterocycles. The third-order valence-electron chi connectivity index (χ3n) is 9.70. The lowest BCUT2D eigenvalue weighted by Crippen LogP contribution is -2.58. The molecule has 0 aromatic heterocycles. The molecule has 0 radical (unpaired) electrons. The second-order valence-electron chi connectivity index (χ2n) is 11.9. The third kappa shape index (κ3) is 3.88. The maximum atomic E-state index is 14.0. The van der Waals surface area contributed by atoms with E-state index in [0.29, 0.717) is 39.4 Å². The monoisotopic (exact) mass is 457 g/mol. The molecule has 0 aromatic rings. The van der Waals surface area contributed by atoms with Gasteiger partial charge >= 0.3 is 0 Å². The van der Waals surface area contributed by atoms with Gasteiger partial charge in [0.15, 0.2) is 0 Å². The highest BCUT2D eigenvalue weighted by Gasteiger charge is 2.57. The molecular weight excluding hydrogens is 418 g/mol. The van der Waals surface area contributed by atoms with Gasteiger partial charge in [0.25, 0.3) is 0 Å². The average molecular weight is 458 g/mol. The summed E-state index contributed by atoms with van der Waals surface area (Å²) in [4.78, 5) is 46.5. The van der Waals surface area contributed by atoms with Crippen LogP contribution in [0.1, 0.15) is 64.2 Å². The van der Waals surface area contributed by atoms with E-state index in [0.717, 1.165) is 69.2 Å². The van der Waals surface area contributed by atoms with Gasteiger partial charge in [0.1, 0.15) is 6.04 Å². The predicted molar refractivity (Wildman–Crippen MR) is 122 cm³/mol. The van der Waals surface area contributed by atoms with Crippen LogP contribution in [0, 0.1) is 29.1 Å². The van der Waals surface area contributed by atoms with Gasteiger partial charge in [-0.3, -0.25) is 14.4 Å². The van der Waals surface area contributed by atoms with Crippen LogP contribution >= 0.6 is 0 Å². The van der Waals surface area contributed by atoms with Gasteiger partial charge in [-0.15, -0.1) is 0 Å². The Labute approximate surface area is 197 Å². The van der Waals surface area contributed by atoms with Crippen molar-refractivity contribution in [3.63, 3.8) is 0 Å². The van der Waals surface area contributed by atoms with Crippen molar-refractivity contribution in [2.45, 2.75) is 70.3 Å². The SMILES string of the molecule is O=C(C1CCCN(C(=O)C2CCCN2C(=O)C23CC4CC(CC(C4)C2)C3)C1)N1CCOCC1. The fraction of sp³-hybridized carbons (Fsp3) is 0.885. The molecule has 0 spiro atoms. The van der Waals surface area contributed by atoms with Gasteiger partial charge in [0, 0.05) is 32.7 Å². The van der Waals surface area contributed by atoms with Crippen molar-refractivity contribution in [2.75, 3.05) is 45.9 Å². The van der Waals surface area contributed by atoms with Crippen molar-refractivity contribution < 1.29 is 19.1 Å². The Balaban J connectivity index is 1.13. The minimum atomic E-state index is -0.317. The Morgan fingerprint density at radius 2 is 1.36 bits per heavy atom. The number of rotatable bonds is 3. The van der Waals surface area contributed by atoms with Gasteiger partial charge in [-0.25, -0.2) is 0 Å². The topological polar surface area (TPSA) is 70.2 Å². The van der Waals surface area contributed by atoms with E-state index in [1.165, 1.54) is 19.3 Å². The molecular formula is C26H39N3O4. The summed E-state index contributed by atoms with van der Waals surface area (Å²) in [6, 6.07) is -0.317. The molecule has 3 amide bonds. The van der Waals surface area contributed by atoms with Crippen LogP contribution in [0.25, 0.3) is 0 Å². The first kappa shape index (κ1) is 21.9. The van der Waals surface area contributed by atoms with Gasteiger partial charge in [-0.2, -0.15) is 0 Å². The minimum Gasteiger partial charge on any atom is -0.378 e. The standard InChI is InChI=1S/C26H39N3O4/c30-23(27-7-9-33-10-8-27)21-3-1-5-28(17-21)24(31)22-4-2-6-29(22)25(32)26-14-18-11-19(15-26)13-20(12-18)16-26/h18-22H,1-17H2. The van der Waals surface area contributed by atoms with Crippen molar-refractivity contribution in [2.24, 2.45) is 29.1 Å². The molecule has 7 fully saturated rings. The van der Waals surface area contributed by atoms with E-state index in [1.54, 1.807) is 0 Å². The first-order valence-corrected chi connectivity index (χ1v) is 13.5. The maximum absolute atomic E-state index is 14.0. The number of likely N-dealkylation sites (tertiary alicyclic amines) is 2. The quantitative estimate of drug-likeness (QED) is 0.652. The normalized spacial score (nSPS) is 40.4. The summed E-state index contributed by atoms with van der Waals surface area (Å²) in [5.41, 5.74) is -0.186. The highest BCUT2D eigenvalue weighted by molar-refractivity contribution is 5.91. The van der Waals surface area contributed by atoms with Gasteiger partial charge in [-0.1, -0.05) is 0 Å². The van der Waals surface area contributed by atoms with Crippen LogP contribution < -0.4 is 0 Å². The molecule has 7 rings (SSSR count). The van der Waals surface area contributed by atoms with Crippen molar-refractivity contribution >= 4 is 17.7 Å². The Kier molecular flexibility index (Phi) is 5.66. The van der Waals surface area contributed by atoms with Crippen LogP contribution in [0.4, 0.5) is 0 Å². The summed E-state index contributed by atoms with van der Waals surface area (Å²) in [6.45, 7) is 4.45. The van der Waals surface area contributed by atoms with E-state index in [-0.39, 0.29) is 35.1 Å². The lowest BCUT2D eigenvalue weighted by molar-refractivity contribution is -0.162. The molecule has 4 saturated carbocycles. The number of carbonyl (C=O) groups is 3. The summed E-state index contributed by atoms with van der Waals surface area (Å²) in [5, 5.41) is 0. The summed E-state index contributed by atoms with van der Waals surface area (Å²) in [5.74, 6) is 2.61. The fourth-order valence-electron chi connectivity index (χ4n) is 8.58. The van der Waals surface area contributed by atoms with Gasteiger partial charge in [-0.05, 0) is 82.0 Å². The van der Waals surface area contributed by atoms with Gasteiger partial charge in [0.2, 0.25) is 17.7 Å². The molecule has 2 unspecified atom stereocenters. The molecule has 0 N–H and O–H groups in total. The molecule has 0 aromatic carbocycles. The van der Waals surface area contributed by atoms with E-state index in [9.17, 15) is 14.4 Å². The number of hydrogen-bond donors (Lipinski definition) is 0. The molecule has 7 heteroatoms. The molecule has 4 bridgehead atoms. The zero-order valence-electron chi connectivity index (χ0n) is 19.9. The number of nitrogens with zero attached hydrogens (tertiary/aromatic N) is 3. The average Bonchev–Trinajstić information content (AvgIpc) is 3.32. The third-order valence-corrected chi connectivity index (χ3v) is 9.70. The Hall–Kier alpha value is -1.63. The highest BCUT2D eigenvalue weighted by atomic mass is 16.5. The Morgan fingerprint density at radius 1 is 0.727 bits per heavy atom. The fourth-order valence-corrected chi connectivity index (χ4v) is 8.58. The van der Waals surface area contributed by atoms with Crippen molar-refractivity contribution in [3.8, 4) is 0 Å². The van der Waals surface area contributed by atoms with E-state index >= 15 is 0 Å². The first-order valence-electron chi connectivity index (χ1n) is 13.5. The van der Waals surface area contributed by atoms with Crippen molar-refractivity contribution in [1.29, 1.82) is 0 Å². The minimum absolute atomic E-state index is 0.0880. The molecule has 7 aliphatic rings. The first-order chi connectivity index (χ1) is 16.0. The van der Waals surface area contributed by atoms with Crippen LogP contribution in [0.3, 0.4) is 0 Å². The van der Waals surface area contributed by atoms with Gasteiger partial charge < -0.3 is 19.4 Å². The van der Waals surface area contributed by atoms with Crippen LogP contribution in [-0.2, 0) is 19.1 Å². The molecule has 7 nitrogen and oxygen atoms in total. The molecule has 4 aliphatic carbocycles. The van der Waals surface area contributed by atoms with Gasteiger partial charge in [0.05, 0.1) is 24.5 Å². The number of carbonyl (C=O) groups excluding carboxylic acids is 3. The highest BCUT2D eigenvalue weighted by Crippen LogP contribution is 2.60. The lowest BCUT2D eigenvalue weighted by atomic mass is 9.49. The van der Waals surface area contributed by atoms with E-state index in [4.69, 9.17) is 4.74 Å². The van der Waals surface area contributed by atoms with Crippen molar-refractivity contribution in [1.82, 2.24) is 14.7 Å². The second-order valence-corrected chi connectivity index (χ2v) is 11.9. The smallest absolute Gasteiger partial charge is 0.245 e. The van der Waals surface area contributed by atoms with Crippen LogP contribution in [-0.4, -0.2) is 84.4 Å². The van der Waals surface area contributed by atoms with E-state index < -0.39 is 0 Å². The van der Waals surface area contributed by atoms with Crippen LogP contribution in [0.15, 0.2) is 0 Å². The number of hydrogen-bond acceptors (Lipinski definition) is 4.